The average molecular weight is 241 g/mol. The zero-order valence-electron chi connectivity index (χ0n) is 10.4. The predicted octanol–water partition coefficient (Wildman–Crippen LogP) is 2.13. The van der Waals surface area contributed by atoms with Crippen molar-refractivity contribution in [2.24, 2.45) is 5.73 Å². The smallest absolute Gasteiger partial charge is 0.237 e. The lowest BCUT2D eigenvalue weighted by Crippen LogP contribution is -2.33. The Bertz CT molecular complexity index is 545. The minimum Gasteiger partial charge on any atom is -0.369 e. The number of rotatable bonds is 2. The maximum Gasteiger partial charge on any atom is 0.237 e. The number of aromatic nitrogens is 2. The minimum absolute atomic E-state index is 0.105. The number of nitrogens with two attached hydrogens (primary N) is 1. The average Bonchev–Trinajstić information content (AvgIpc) is 2.28. The Morgan fingerprint density at radius 1 is 1.11 bits per heavy atom. The summed E-state index contributed by atoms with van der Waals surface area (Å²) in [7, 11) is 0. The lowest BCUT2D eigenvalue weighted by atomic mass is 10.3. The van der Waals surface area contributed by atoms with Crippen LogP contribution in [0.1, 0.15) is 11.4 Å². The van der Waals surface area contributed by atoms with E-state index in [0.29, 0.717) is 5.95 Å². The molecule has 0 bridgehead atoms. The van der Waals surface area contributed by atoms with Gasteiger partial charge in [0.15, 0.2) is 5.96 Å². The van der Waals surface area contributed by atoms with Crippen LogP contribution in [-0.4, -0.2) is 15.9 Å². The van der Waals surface area contributed by atoms with Gasteiger partial charge in [0.25, 0.3) is 0 Å². The van der Waals surface area contributed by atoms with E-state index in [1.54, 1.807) is 0 Å². The molecule has 0 fully saturated rings. The summed E-state index contributed by atoms with van der Waals surface area (Å²) in [4.78, 5) is 10.2. The van der Waals surface area contributed by atoms with Crippen molar-refractivity contribution in [1.29, 1.82) is 5.41 Å². The number of aryl methyl sites for hydroxylation is 2. The van der Waals surface area contributed by atoms with Gasteiger partial charge in [0, 0.05) is 11.4 Å². The van der Waals surface area contributed by atoms with Crippen molar-refractivity contribution in [1.82, 2.24) is 9.97 Å². The first-order valence-electron chi connectivity index (χ1n) is 5.59. The van der Waals surface area contributed by atoms with Gasteiger partial charge >= 0.3 is 0 Å². The first-order valence-corrected chi connectivity index (χ1v) is 5.59. The second kappa shape index (κ2) is 4.83. The van der Waals surface area contributed by atoms with E-state index < -0.39 is 0 Å². The van der Waals surface area contributed by atoms with Crippen LogP contribution < -0.4 is 10.6 Å². The number of para-hydroxylation sites is 1. The van der Waals surface area contributed by atoms with Crippen LogP contribution in [0, 0.1) is 19.3 Å². The lowest BCUT2D eigenvalue weighted by molar-refractivity contribution is 1.01. The van der Waals surface area contributed by atoms with Gasteiger partial charge in [0.1, 0.15) is 0 Å². The maximum atomic E-state index is 7.69. The number of hydrogen-bond acceptors (Lipinski definition) is 3. The number of guanidine groups is 1. The summed E-state index contributed by atoms with van der Waals surface area (Å²) in [6.45, 7) is 3.78. The Balaban J connectivity index is 2.52. The van der Waals surface area contributed by atoms with E-state index in [1.807, 2.05) is 50.2 Å². The summed E-state index contributed by atoms with van der Waals surface area (Å²) in [5.41, 5.74) is 8.10. The molecule has 5 heteroatoms. The van der Waals surface area contributed by atoms with Crippen LogP contribution in [-0.2, 0) is 0 Å². The second-order valence-corrected chi connectivity index (χ2v) is 4.01. The molecule has 0 aliphatic heterocycles. The third kappa shape index (κ3) is 2.45. The topological polar surface area (TPSA) is 78.9 Å². The Hall–Kier alpha value is -2.43. The van der Waals surface area contributed by atoms with E-state index in [-0.39, 0.29) is 5.96 Å². The SMILES string of the molecule is Cc1cc(C)nc(N(C(=N)N)c2ccccc2)n1. The molecular formula is C13H15N5. The second-order valence-electron chi connectivity index (χ2n) is 4.01. The van der Waals surface area contributed by atoms with Crippen LogP contribution >= 0.6 is 0 Å². The van der Waals surface area contributed by atoms with E-state index in [1.165, 1.54) is 4.90 Å². The highest BCUT2D eigenvalue weighted by atomic mass is 15.3. The number of benzene rings is 1. The number of nitrogens with zero attached hydrogens (tertiary/aromatic N) is 3. The fourth-order valence-corrected chi connectivity index (χ4v) is 1.75. The Labute approximate surface area is 106 Å². The zero-order valence-corrected chi connectivity index (χ0v) is 10.4. The molecule has 5 nitrogen and oxygen atoms in total. The summed E-state index contributed by atoms with van der Waals surface area (Å²) < 4.78 is 0. The van der Waals surface area contributed by atoms with E-state index in [0.717, 1.165) is 17.1 Å². The predicted molar refractivity (Wildman–Crippen MR) is 72.0 cm³/mol. The molecule has 0 aliphatic carbocycles. The van der Waals surface area contributed by atoms with Crippen LogP contribution in [0.15, 0.2) is 36.4 Å². The first-order chi connectivity index (χ1) is 8.58. The number of hydrogen-bond donors (Lipinski definition) is 2. The third-order valence-corrected chi connectivity index (χ3v) is 2.43. The summed E-state index contributed by atoms with van der Waals surface area (Å²) >= 11 is 0. The molecule has 2 aromatic rings. The normalized spacial score (nSPS) is 10.1. The zero-order chi connectivity index (χ0) is 13.1. The number of anilines is 2. The molecule has 0 radical (unpaired) electrons. The molecule has 0 amide bonds. The van der Waals surface area contributed by atoms with Gasteiger partial charge in [0.05, 0.1) is 5.69 Å². The van der Waals surface area contributed by atoms with Crippen molar-refractivity contribution in [2.45, 2.75) is 13.8 Å². The van der Waals surface area contributed by atoms with Crippen LogP contribution in [0.4, 0.5) is 11.6 Å². The van der Waals surface area contributed by atoms with Gasteiger partial charge in [-0.3, -0.25) is 5.41 Å². The molecule has 1 aromatic heterocycles. The molecule has 0 saturated heterocycles. The third-order valence-electron chi connectivity index (χ3n) is 2.43. The van der Waals surface area contributed by atoms with Gasteiger partial charge in [-0.2, -0.15) is 0 Å². The molecule has 0 spiro atoms. The molecule has 2 rings (SSSR count). The van der Waals surface area contributed by atoms with Gasteiger partial charge in [-0.15, -0.1) is 0 Å². The quantitative estimate of drug-likeness (QED) is 0.623. The van der Waals surface area contributed by atoms with Crippen LogP contribution in [0.2, 0.25) is 0 Å². The largest absolute Gasteiger partial charge is 0.369 e. The lowest BCUT2D eigenvalue weighted by Gasteiger charge is -2.21. The van der Waals surface area contributed by atoms with Crippen LogP contribution in [0.25, 0.3) is 0 Å². The van der Waals surface area contributed by atoms with Gasteiger partial charge in [-0.05, 0) is 32.0 Å². The molecular weight excluding hydrogens is 226 g/mol. The van der Waals surface area contributed by atoms with Crippen molar-refractivity contribution in [2.75, 3.05) is 4.90 Å². The summed E-state index contributed by atoms with van der Waals surface area (Å²) in [5, 5.41) is 7.69. The summed E-state index contributed by atoms with van der Waals surface area (Å²) in [6.07, 6.45) is 0. The van der Waals surface area contributed by atoms with E-state index in [9.17, 15) is 0 Å². The highest BCUT2D eigenvalue weighted by Gasteiger charge is 2.15. The molecule has 1 heterocycles. The van der Waals surface area contributed by atoms with Crippen molar-refractivity contribution >= 4 is 17.6 Å². The van der Waals surface area contributed by atoms with Gasteiger partial charge in [-0.25, -0.2) is 14.9 Å². The van der Waals surface area contributed by atoms with Crippen molar-refractivity contribution in [3.63, 3.8) is 0 Å². The minimum atomic E-state index is -0.105. The van der Waals surface area contributed by atoms with Crippen LogP contribution in [0.3, 0.4) is 0 Å². The Kier molecular flexibility index (Phi) is 3.23. The van der Waals surface area contributed by atoms with Gasteiger partial charge < -0.3 is 5.73 Å². The first kappa shape index (κ1) is 12.0. The fourth-order valence-electron chi connectivity index (χ4n) is 1.75. The summed E-state index contributed by atoms with van der Waals surface area (Å²) in [6, 6.07) is 11.3. The molecule has 0 atom stereocenters. The van der Waals surface area contributed by atoms with E-state index >= 15 is 0 Å². The van der Waals surface area contributed by atoms with Gasteiger partial charge in [0.2, 0.25) is 5.95 Å². The molecule has 1 aromatic carbocycles. The Morgan fingerprint density at radius 2 is 1.67 bits per heavy atom. The maximum absolute atomic E-state index is 7.69. The molecule has 0 saturated carbocycles. The fraction of sp³-hybridized carbons (Fsp3) is 0.154. The van der Waals surface area contributed by atoms with Crippen molar-refractivity contribution in [3.05, 3.63) is 47.8 Å². The molecule has 3 N–H and O–H groups in total. The van der Waals surface area contributed by atoms with Crippen molar-refractivity contribution in [3.8, 4) is 0 Å². The molecule has 0 unspecified atom stereocenters. The van der Waals surface area contributed by atoms with Crippen LogP contribution in [0.5, 0.6) is 0 Å². The van der Waals surface area contributed by atoms with E-state index in [4.69, 9.17) is 11.1 Å². The standard InChI is InChI=1S/C13H15N5/c1-9-8-10(2)17-13(16-9)18(12(14)15)11-6-4-3-5-7-11/h3-8H,1-2H3,(H3,14,15). The molecule has 18 heavy (non-hydrogen) atoms. The van der Waals surface area contributed by atoms with Crippen molar-refractivity contribution < 1.29 is 0 Å². The monoisotopic (exact) mass is 241 g/mol. The van der Waals surface area contributed by atoms with Gasteiger partial charge in [-0.1, -0.05) is 18.2 Å². The summed E-state index contributed by atoms with van der Waals surface area (Å²) in [5.74, 6) is 0.317. The molecule has 92 valence electrons. The Morgan fingerprint density at radius 3 is 2.17 bits per heavy atom. The highest BCUT2D eigenvalue weighted by Crippen LogP contribution is 2.21. The van der Waals surface area contributed by atoms with E-state index in [2.05, 4.69) is 9.97 Å². The molecule has 0 aliphatic rings. The number of nitrogens with one attached hydrogen (secondary N) is 1. The highest BCUT2D eigenvalue weighted by molar-refractivity contribution is 5.98.